The van der Waals surface area contributed by atoms with Crippen molar-refractivity contribution in [3.8, 4) is 5.75 Å². The molecule has 0 spiro atoms. The van der Waals surface area contributed by atoms with Crippen molar-refractivity contribution in [1.29, 1.82) is 0 Å². The van der Waals surface area contributed by atoms with Crippen molar-refractivity contribution < 1.29 is 18.8 Å². The molecule has 0 aliphatic carbocycles. The smallest absolute Gasteiger partial charge is 0.271 e. The summed E-state index contributed by atoms with van der Waals surface area (Å²) in [6, 6.07) is 9.49. The average Bonchev–Trinajstić information content (AvgIpc) is 3.17. The van der Waals surface area contributed by atoms with Gasteiger partial charge in [0.2, 0.25) is 5.91 Å². The molecule has 1 heterocycles. The van der Waals surface area contributed by atoms with Gasteiger partial charge in [0.25, 0.3) is 5.69 Å². The number of halogens is 2. The summed E-state index contributed by atoms with van der Waals surface area (Å²) in [7, 11) is 0. The van der Waals surface area contributed by atoms with E-state index in [1.54, 1.807) is 23.6 Å². The van der Waals surface area contributed by atoms with Crippen molar-refractivity contribution in [2.45, 2.75) is 24.7 Å². The lowest BCUT2D eigenvalue weighted by Gasteiger charge is -2.16. The Bertz CT molecular complexity index is 1190. The van der Waals surface area contributed by atoms with Crippen LogP contribution in [0, 0.1) is 15.9 Å². The summed E-state index contributed by atoms with van der Waals surface area (Å²) in [6.07, 6.45) is 1.07. The van der Waals surface area contributed by atoms with E-state index in [4.69, 9.17) is 16.3 Å². The highest BCUT2D eigenvalue weighted by Gasteiger charge is 2.21. The van der Waals surface area contributed by atoms with Crippen molar-refractivity contribution >= 4 is 40.6 Å². The lowest BCUT2D eigenvalue weighted by Crippen LogP contribution is -2.15. The second kappa shape index (κ2) is 10.9. The fraction of sp³-hybridized carbons (Fsp3) is 0.190. The third kappa shape index (κ3) is 6.30. The Morgan fingerprint density at radius 3 is 2.88 bits per heavy atom. The number of carbonyl (C=O) groups excluding carboxylic acids is 1. The molecule has 2 aromatic carbocycles. The van der Waals surface area contributed by atoms with Gasteiger partial charge in [-0.05, 0) is 31.2 Å². The molecule has 12 heteroatoms. The van der Waals surface area contributed by atoms with Crippen LogP contribution in [-0.4, -0.2) is 31.3 Å². The Morgan fingerprint density at radius 1 is 1.39 bits per heavy atom. The Labute approximate surface area is 197 Å². The Hall–Kier alpha value is -3.44. The van der Waals surface area contributed by atoms with E-state index in [-0.39, 0.29) is 22.4 Å². The van der Waals surface area contributed by atoms with Gasteiger partial charge in [0.1, 0.15) is 11.6 Å². The Morgan fingerprint density at radius 2 is 2.18 bits per heavy atom. The number of nitro benzene ring substituents is 1. The summed E-state index contributed by atoms with van der Waals surface area (Å²) in [5.74, 6) is -0.0765. The SMILES string of the molecule is C=CCn1c(SCC(=O)Nc2cccc([N+](=O)[O-])c2)nnc1C(C)Oc1ccc(F)cc1Cl. The normalized spacial score (nSPS) is 11.6. The molecule has 0 bridgehead atoms. The molecular weight excluding hydrogens is 473 g/mol. The standard InChI is InChI=1S/C21H19ClFN5O4S/c1-3-9-27-20(13(2)32-18-8-7-14(23)10-17(18)22)25-26-21(27)33-12-19(29)24-15-5-4-6-16(11-15)28(30)31/h3-8,10-11,13H,1,9,12H2,2H3,(H,24,29). The van der Waals surface area contributed by atoms with Crippen molar-refractivity contribution in [3.05, 3.63) is 81.9 Å². The number of rotatable bonds is 10. The fourth-order valence-corrected chi connectivity index (χ4v) is 3.81. The maximum absolute atomic E-state index is 13.3. The first-order chi connectivity index (χ1) is 15.8. The fourth-order valence-electron chi connectivity index (χ4n) is 2.85. The molecule has 1 amide bonds. The first-order valence-corrected chi connectivity index (χ1v) is 11.0. The number of aromatic nitrogens is 3. The van der Waals surface area contributed by atoms with Gasteiger partial charge in [-0.3, -0.25) is 19.5 Å². The van der Waals surface area contributed by atoms with Gasteiger partial charge >= 0.3 is 0 Å². The minimum atomic E-state index is -0.576. The maximum atomic E-state index is 13.3. The van der Waals surface area contributed by atoms with Crippen LogP contribution in [0.1, 0.15) is 18.9 Å². The van der Waals surface area contributed by atoms with Gasteiger partial charge in [0.15, 0.2) is 17.1 Å². The molecule has 33 heavy (non-hydrogen) atoms. The van der Waals surface area contributed by atoms with E-state index in [9.17, 15) is 19.3 Å². The largest absolute Gasteiger partial charge is 0.481 e. The van der Waals surface area contributed by atoms with Gasteiger partial charge in [-0.2, -0.15) is 0 Å². The maximum Gasteiger partial charge on any atom is 0.271 e. The number of allylic oxidation sites excluding steroid dienone is 1. The van der Waals surface area contributed by atoms with Gasteiger partial charge in [-0.1, -0.05) is 35.5 Å². The molecule has 9 nitrogen and oxygen atoms in total. The van der Waals surface area contributed by atoms with E-state index in [1.165, 1.54) is 30.3 Å². The monoisotopic (exact) mass is 491 g/mol. The Balaban J connectivity index is 1.68. The molecule has 0 aliphatic heterocycles. The van der Waals surface area contributed by atoms with Crippen LogP contribution in [0.3, 0.4) is 0 Å². The number of nitro groups is 1. The van der Waals surface area contributed by atoms with Gasteiger partial charge in [-0.25, -0.2) is 4.39 Å². The lowest BCUT2D eigenvalue weighted by molar-refractivity contribution is -0.384. The van der Waals surface area contributed by atoms with Gasteiger partial charge in [-0.15, -0.1) is 16.8 Å². The number of non-ortho nitro benzene ring substituents is 1. The second-order valence-corrected chi connectivity index (χ2v) is 8.07. The highest BCUT2D eigenvalue weighted by atomic mass is 35.5. The van der Waals surface area contributed by atoms with Crippen LogP contribution in [0.15, 0.2) is 60.3 Å². The molecule has 1 N–H and O–H groups in total. The third-order valence-corrected chi connectivity index (χ3v) is 5.55. The van der Waals surface area contributed by atoms with Crippen LogP contribution < -0.4 is 10.1 Å². The first-order valence-electron chi connectivity index (χ1n) is 9.61. The topological polar surface area (TPSA) is 112 Å². The van der Waals surface area contributed by atoms with E-state index in [0.29, 0.717) is 29.0 Å². The minimum absolute atomic E-state index is 0.00298. The van der Waals surface area contributed by atoms with E-state index in [0.717, 1.165) is 17.8 Å². The number of carbonyl (C=O) groups is 1. The van der Waals surface area contributed by atoms with Gasteiger partial charge in [0.05, 0.1) is 15.7 Å². The molecule has 0 aliphatic rings. The predicted octanol–water partition coefficient (Wildman–Crippen LogP) is 5.04. The molecule has 1 atom stereocenters. The van der Waals surface area contributed by atoms with Crippen molar-refractivity contribution in [3.63, 3.8) is 0 Å². The number of hydrogen-bond acceptors (Lipinski definition) is 7. The highest BCUT2D eigenvalue weighted by Crippen LogP contribution is 2.30. The molecule has 0 saturated carbocycles. The molecular formula is C21H19ClFN5O4S. The number of thioether (sulfide) groups is 1. The Kier molecular flexibility index (Phi) is 8.01. The summed E-state index contributed by atoms with van der Waals surface area (Å²) in [4.78, 5) is 22.7. The summed E-state index contributed by atoms with van der Waals surface area (Å²) >= 11 is 7.17. The van der Waals surface area contributed by atoms with Crippen LogP contribution in [0.2, 0.25) is 5.02 Å². The molecule has 3 rings (SSSR count). The van der Waals surface area contributed by atoms with Crippen LogP contribution in [0.25, 0.3) is 0 Å². The number of amides is 1. The van der Waals surface area contributed by atoms with Crippen LogP contribution in [0.5, 0.6) is 5.75 Å². The van der Waals surface area contributed by atoms with Crippen molar-refractivity contribution in [2.24, 2.45) is 0 Å². The number of ether oxygens (including phenoxy) is 1. The molecule has 3 aromatic rings. The average molecular weight is 492 g/mol. The second-order valence-electron chi connectivity index (χ2n) is 6.72. The molecule has 1 aromatic heterocycles. The zero-order valence-electron chi connectivity index (χ0n) is 17.4. The van der Waals surface area contributed by atoms with Gasteiger partial charge in [0, 0.05) is 24.4 Å². The molecule has 0 radical (unpaired) electrons. The van der Waals surface area contributed by atoms with E-state index in [2.05, 4.69) is 22.1 Å². The number of anilines is 1. The van der Waals surface area contributed by atoms with Crippen molar-refractivity contribution in [1.82, 2.24) is 14.8 Å². The molecule has 0 saturated heterocycles. The number of benzene rings is 2. The lowest BCUT2D eigenvalue weighted by atomic mass is 10.3. The zero-order valence-corrected chi connectivity index (χ0v) is 19.0. The van der Waals surface area contributed by atoms with Crippen LogP contribution in [-0.2, 0) is 11.3 Å². The first kappa shape index (κ1) is 24.2. The summed E-state index contributed by atoms with van der Waals surface area (Å²) < 4.78 is 20.8. The summed E-state index contributed by atoms with van der Waals surface area (Å²) in [5.41, 5.74) is 0.201. The van der Waals surface area contributed by atoms with E-state index in [1.807, 2.05) is 0 Å². The molecule has 172 valence electrons. The van der Waals surface area contributed by atoms with Crippen LogP contribution >= 0.6 is 23.4 Å². The minimum Gasteiger partial charge on any atom is -0.481 e. The number of hydrogen-bond donors (Lipinski definition) is 1. The van der Waals surface area contributed by atoms with Crippen LogP contribution in [0.4, 0.5) is 15.8 Å². The third-order valence-electron chi connectivity index (χ3n) is 4.29. The summed E-state index contributed by atoms with van der Waals surface area (Å²) in [6.45, 7) is 5.84. The molecule has 0 fully saturated rings. The summed E-state index contributed by atoms with van der Waals surface area (Å²) in [5, 5.41) is 22.4. The quantitative estimate of drug-likeness (QED) is 0.183. The van der Waals surface area contributed by atoms with E-state index < -0.39 is 16.8 Å². The predicted molar refractivity (Wildman–Crippen MR) is 123 cm³/mol. The molecule has 1 unspecified atom stereocenters. The number of nitrogens with zero attached hydrogens (tertiary/aromatic N) is 4. The number of nitrogens with one attached hydrogen (secondary N) is 1. The zero-order chi connectivity index (χ0) is 24.0. The highest BCUT2D eigenvalue weighted by molar-refractivity contribution is 7.99. The van der Waals surface area contributed by atoms with E-state index >= 15 is 0 Å². The van der Waals surface area contributed by atoms with Gasteiger partial charge < -0.3 is 10.1 Å². The van der Waals surface area contributed by atoms with Crippen molar-refractivity contribution in [2.75, 3.05) is 11.1 Å².